The summed E-state index contributed by atoms with van der Waals surface area (Å²) in [5.41, 5.74) is 0. The van der Waals surface area contributed by atoms with Crippen LogP contribution in [0.5, 0.6) is 5.75 Å². The molecule has 0 amide bonds. The van der Waals surface area contributed by atoms with Crippen LogP contribution in [0.2, 0.25) is 0 Å². The van der Waals surface area contributed by atoms with Crippen LogP contribution < -0.4 is 9.64 Å². The van der Waals surface area contributed by atoms with E-state index in [1.165, 1.54) is 25.9 Å². The van der Waals surface area contributed by atoms with E-state index >= 15 is 0 Å². The molecule has 0 bridgehead atoms. The average Bonchev–Trinajstić information content (AvgIpc) is 2.71. The zero-order valence-corrected chi connectivity index (χ0v) is 10.4. The van der Waals surface area contributed by atoms with Crippen molar-refractivity contribution >= 4 is 15.9 Å². The first-order valence-electron chi connectivity index (χ1n) is 5.56. The number of ether oxygens (including phenoxy) is 1. The smallest absolute Gasteiger partial charge is 0.137 e. The molecule has 2 nitrogen and oxygen atoms in total. The summed E-state index contributed by atoms with van der Waals surface area (Å²) in [5.74, 6) is 0.961. The normalized spacial score (nSPS) is 16.9. The minimum absolute atomic E-state index is 0.825. The molecule has 0 unspecified atom stereocenters. The van der Waals surface area contributed by atoms with E-state index in [-0.39, 0.29) is 0 Å². The molecule has 0 aliphatic carbocycles. The molecule has 1 aliphatic heterocycles. The van der Waals surface area contributed by atoms with E-state index in [0.717, 1.165) is 23.4 Å². The van der Waals surface area contributed by atoms with Crippen molar-refractivity contribution in [1.29, 1.82) is 0 Å². The highest BCUT2D eigenvalue weighted by atomic mass is 79.9. The number of hydrogen-bond acceptors (Lipinski definition) is 1. The van der Waals surface area contributed by atoms with Crippen molar-refractivity contribution in [2.45, 2.75) is 12.8 Å². The molecule has 15 heavy (non-hydrogen) atoms. The van der Waals surface area contributed by atoms with Crippen LogP contribution in [-0.2, 0) is 0 Å². The fraction of sp³-hybridized carbons (Fsp3) is 0.500. The highest BCUT2D eigenvalue weighted by molar-refractivity contribution is 9.10. The van der Waals surface area contributed by atoms with Crippen LogP contribution in [0.4, 0.5) is 0 Å². The molecule has 3 heteroatoms. The van der Waals surface area contributed by atoms with Gasteiger partial charge in [0.1, 0.15) is 18.9 Å². The van der Waals surface area contributed by atoms with Gasteiger partial charge in [0.25, 0.3) is 0 Å². The standard InChI is InChI=1S/C12H16BrNO/c13-11-4-3-5-12(10-11)15-9-8-14-6-1-2-7-14/h3-5,10H,1-2,6-9H2/p+1. The average molecular weight is 271 g/mol. The van der Waals surface area contributed by atoms with Gasteiger partial charge in [-0.15, -0.1) is 0 Å². The molecule has 1 aromatic rings. The molecule has 1 saturated heterocycles. The van der Waals surface area contributed by atoms with E-state index < -0.39 is 0 Å². The van der Waals surface area contributed by atoms with E-state index in [9.17, 15) is 0 Å². The largest absolute Gasteiger partial charge is 0.488 e. The van der Waals surface area contributed by atoms with Crippen molar-refractivity contribution in [3.05, 3.63) is 28.7 Å². The number of hydrogen-bond donors (Lipinski definition) is 1. The monoisotopic (exact) mass is 270 g/mol. The lowest BCUT2D eigenvalue weighted by atomic mass is 10.3. The third-order valence-corrected chi connectivity index (χ3v) is 3.32. The van der Waals surface area contributed by atoms with E-state index in [0.29, 0.717) is 0 Å². The SMILES string of the molecule is Brc1cccc(OCC[NH+]2CCCC2)c1. The Kier molecular flexibility index (Phi) is 4.03. The third kappa shape index (κ3) is 3.50. The Bertz CT molecular complexity index is 310. The quantitative estimate of drug-likeness (QED) is 0.876. The molecule has 2 rings (SSSR count). The highest BCUT2D eigenvalue weighted by Crippen LogP contribution is 2.17. The lowest BCUT2D eigenvalue weighted by Crippen LogP contribution is -3.10. The molecule has 0 aromatic heterocycles. The topological polar surface area (TPSA) is 13.7 Å². The molecule has 1 aromatic carbocycles. The van der Waals surface area contributed by atoms with Gasteiger partial charge in [0.05, 0.1) is 13.1 Å². The molecule has 0 atom stereocenters. The van der Waals surface area contributed by atoms with Crippen molar-refractivity contribution in [2.75, 3.05) is 26.2 Å². The van der Waals surface area contributed by atoms with Crippen LogP contribution in [0.1, 0.15) is 12.8 Å². The maximum atomic E-state index is 5.70. The second kappa shape index (κ2) is 5.52. The van der Waals surface area contributed by atoms with Gasteiger partial charge in [-0.1, -0.05) is 22.0 Å². The fourth-order valence-corrected chi connectivity index (χ4v) is 2.37. The summed E-state index contributed by atoms with van der Waals surface area (Å²) < 4.78 is 6.78. The lowest BCUT2D eigenvalue weighted by molar-refractivity contribution is -0.887. The summed E-state index contributed by atoms with van der Waals surface area (Å²) in [6.07, 6.45) is 2.76. The lowest BCUT2D eigenvalue weighted by Gasteiger charge is -2.12. The van der Waals surface area contributed by atoms with Crippen molar-refractivity contribution in [2.24, 2.45) is 0 Å². The van der Waals surface area contributed by atoms with Gasteiger partial charge in [0.15, 0.2) is 0 Å². The van der Waals surface area contributed by atoms with Crippen LogP contribution in [0.15, 0.2) is 28.7 Å². The summed E-state index contributed by atoms with van der Waals surface area (Å²) >= 11 is 3.44. The summed E-state index contributed by atoms with van der Waals surface area (Å²) in [6.45, 7) is 4.60. The van der Waals surface area contributed by atoms with Crippen molar-refractivity contribution < 1.29 is 9.64 Å². The first-order valence-corrected chi connectivity index (χ1v) is 6.36. The van der Waals surface area contributed by atoms with Crippen molar-refractivity contribution in [3.63, 3.8) is 0 Å². The summed E-state index contributed by atoms with van der Waals surface area (Å²) in [4.78, 5) is 1.69. The van der Waals surface area contributed by atoms with Crippen LogP contribution in [-0.4, -0.2) is 26.2 Å². The third-order valence-electron chi connectivity index (χ3n) is 2.83. The zero-order valence-electron chi connectivity index (χ0n) is 8.84. The minimum atomic E-state index is 0.825. The molecule has 0 radical (unpaired) electrons. The Morgan fingerprint density at radius 3 is 2.80 bits per heavy atom. The second-order valence-corrected chi connectivity index (χ2v) is 4.93. The van der Waals surface area contributed by atoms with Crippen LogP contribution in [0, 0.1) is 0 Å². The van der Waals surface area contributed by atoms with Gasteiger partial charge < -0.3 is 9.64 Å². The van der Waals surface area contributed by atoms with Gasteiger partial charge in [-0.25, -0.2) is 0 Å². The Hall–Kier alpha value is -0.540. The number of likely N-dealkylation sites (tertiary alicyclic amines) is 1. The van der Waals surface area contributed by atoms with E-state index in [4.69, 9.17) is 4.74 Å². The van der Waals surface area contributed by atoms with Gasteiger partial charge >= 0.3 is 0 Å². The van der Waals surface area contributed by atoms with Crippen LogP contribution in [0.25, 0.3) is 0 Å². The molecule has 1 aliphatic rings. The predicted octanol–water partition coefficient (Wildman–Crippen LogP) is 1.51. The highest BCUT2D eigenvalue weighted by Gasteiger charge is 2.14. The molecular weight excluding hydrogens is 254 g/mol. The summed E-state index contributed by atoms with van der Waals surface area (Å²) in [6, 6.07) is 8.03. The zero-order chi connectivity index (χ0) is 10.5. The van der Waals surface area contributed by atoms with Gasteiger partial charge in [0, 0.05) is 17.3 Å². The molecular formula is C12H17BrNO+. The predicted molar refractivity (Wildman–Crippen MR) is 64.4 cm³/mol. The molecule has 0 saturated carbocycles. The Labute approximate surface area is 99.4 Å². The van der Waals surface area contributed by atoms with Gasteiger partial charge in [-0.3, -0.25) is 0 Å². The van der Waals surface area contributed by atoms with Crippen molar-refractivity contribution in [3.8, 4) is 5.75 Å². The molecule has 82 valence electrons. The molecule has 1 fully saturated rings. The van der Waals surface area contributed by atoms with Gasteiger partial charge in [-0.2, -0.15) is 0 Å². The Morgan fingerprint density at radius 1 is 1.27 bits per heavy atom. The second-order valence-electron chi connectivity index (χ2n) is 4.01. The minimum Gasteiger partial charge on any atom is -0.488 e. The Morgan fingerprint density at radius 2 is 2.07 bits per heavy atom. The number of rotatable bonds is 4. The Balaban J connectivity index is 1.73. The van der Waals surface area contributed by atoms with Gasteiger partial charge in [0.2, 0.25) is 0 Å². The van der Waals surface area contributed by atoms with E-state index in [2.05, 4.69) is 15.9 Å². The number of quaternary nitrogens is 1. The number of halogens is 1. The van der Waals surface area contributed by atoms with Gasteiger partial charge in [-0.05, 0) is 18.2 Å². The summed E-state index contributed by atoms with van der Waals surface area (Å²) in [7, 11) is 0. The first kappa shape index (κ1) is 11.0. The summed E-state index contributed by atoms with van der Waals surface area (Å²) in [5, 5.41) is 0. The van der Waals surface area contributed by atoms with Crippen molar-refractivity contribution in [1.82, 2.24) is 0 Å². The maximum Gasteiger partial charge on any atom is 0.137 e. The van der Waals surface area contributed by atoms with E-state index in [1.807, 2.05) is 24.3 Å². The number of nitrogens with one attached hydrogen (secondary N) is 1. The first-order chi connectivity index (χ1) is 7.34. The maximum absolute atomic E-state index is 5.70. The number of benzene rings is 1. The molecule has 1 heterocycles. The molecule has 1 N–H and O–H groups in total. The molecule has 0 spiro atoms. The fourth-order valence-electron chi connectivity index (χ4n) is 2.00. The van der Waals surface area contributed by atoms with E-state index in [1.54, 1.807) is 4.90 Å². The van der Waals surface area contributed by atoms with Crippen LogP contribution in [0.3, 0.4) is 0 Å². The van der Waals surface area contributed by atoms with Crippen LogP contribution >= 0.6 is 15.9 Å².